The van der Waals surface area contributed by atoms with Gasteiger partial charge in [0.15, 0.2) is 6.61 Å². The lowest BCUT2D eigenvalue weighted by Crippen LogP contribution is -2.62. The second-order valence-corrected chi connectivity index (χ2v) is 13.2. The maximum absolute atomic E-state index is 14.1. The van der Waals surface area contributed by atoms with Crippen LogP contribution >= 0.6 is 0 Å². The highest BCUT2D eigenvalue weighted by molar-refractivity contribution is 6.38. The Morgan fingerprint density at radius 2 is 1.74 bits per heavy atom. The van der Waals surface area contributed by atoms with Crippen LogP contribution in [0.1, 0.15) is 61.8 Å². The number of ether oxygens (including phenoxy) is 1. The number of ketones is 1. The minimum absolute atomic E-state index is 0.0459. The first kappa shape index (κ1) is 35.3. The van der Waals surface area contributed by atoms with Crippen molar-refractivity contribution in [2.45, 2.75) is 86.0 Å². The zero-order valence-electron chi connectivity index (χ0n) is 26.5. The summed E-state index contributed by atoms with van der Waals surface area (Å²) in [7, 11) is 0. The van der Waals surface area contributed by atoms with Gasteiger partial charge in [0.2, 0.25) is 17.6 Å². The monoisotopic (exact) mass is 601 g/mol. The lowest BCUT2D eigenvalue weighted by atomic mass is 9.85. The maximum atomic E-state index is 14.1. The van der Waals surface area contributed by atoms with Gasteiger partial charge in [0.05, 0.1) is 6.04 Å². The fourth-order valence-corrected chi connectivity index (χ4v) is 5.66. The molecule has 0 radical (unpaired) electrons. The summed E-state index contributed by atoms with van der Waals surface area (Å²) in [6.45, 7) is 18.2. The molecule has 6 atom stereocenters. The highest BCUT2D eigenvalue weighted by Crippen LogP contribution is 2.65. The van der Waals surface area contributed by atoms with Crippen molar-refractivity contribution >= 4 is 35.5 Å². The van der Waals surface area contributed by atoms with Gasteiger partial charge in [-0.3, -0.25) is 19.2 Å². The molecule has 2 aliphatic rings. The summed E-state index contributed by atoms with van der Waals surface area (Å²) >= 11 is 0. The molecule has 43 heavy (non-hydrogen) atoms. The number of hydrogen-bond acceptors (Lipinski definition) is 7. The van der Waals surface area contributed by atoms with Gasteiger partial charge in [-0.2, -0.15) is 0 Å². The number of amides is 5. The first-order chi connectivity index (χ1) is 19.9. The van der Waals surface area contributed by atoms with Crippen molar-refractivity contribution in [1.82, 2.24) is 26.2 Å². The van der Waals surface area contributed by atoms with Crippen molar-refractivity contribution < 1.29 is 33.5 Å². The van der Waals surface area contributed by atoms with Crippen molar-refractivity contribution in [1.29, 1.82) is 0 Å². The molecule has 0 aromatic rings. The largest absolute Gasteiger partial charge is 0.451 e. The van der Waals surface area contributed by atoms with E-state index in [0.717, 1.165) is 0 Å². The number of Topliss-reactive ketones (excluding diaryl/α,β-unsaturated/α-hetero) is 1. The van der Waals surface area contributed by atoms with Crippen LogP contribution < -0.4 is 21.3 Å². The molecule has 0 aromatic heterocycles. The number of likely N-dealkylation sites (tertiary alicyclic amines) is 1. The summed E-state index contributed by atoms with van der Waals surface area (Å²) in [6.07, 6.45) is 6.79. The lowest BCUT2D eigenvalue weighted by molar-refractivity contribution is -0.145. The standard InChI is InChI=1S/C31H47N5O7/c1-11-14-32-26(39)23(37)19(13-3)33-25(38)22-20-18(31(20,9)10)16-36(22)27(40)24(30(6,7)8)35-29(42)34-21(17(4)5)28(41)43-15-12-2/h2,11,17-22,24H,1,13-16H2,3-10H3,(H,32,39)(H,33,38)(H2,34,35,42)/t18-,19?,20-,21-,22-,24+/m0/s1. The fraction of sp³-hybridized carbons (Fsp3) is 0.677. The third-order valence-corrected chi connectivity index (χ3v) is 8.33. The molecule has 238 valence electrons. The van der Waals surface area contributed by atoms with E-state index in [1.807, 2.05) is 13.8 Å². The Kier molecular flexibility index (Phi) is 11.5. The van der Waals surface area contributed by atoms with Crippen molar-refractivity contribution in [3.8, 4) is 12.3 Å². The van der Waals surface area contributed by atoms with Crippen molar-refractivity contribution in [3.05, 3.63) is 12.7 Å². The molecule has 1 heterocycles. The Morgan fingerprint density at radius 1 is 1.12 bits per heavy atom. The molecular formula is C31H47N5O7. The van der Waals surface area contributed by atoms with E-state index >= 15 is 0 Å². The number of esters is 1. The molecule has 5 amide bonds. The lowest BCUT2D eigenvalue weighted by Gasteiger charge is -2.38. The second-order valence-electron chi connectivity index (χ2n) is 13.2. The summed E-state index contributed by atoms with van der Waals surface area (Å²) < 4.78 is 4.99. The van der Waals surface area contributed by atoms with Crippen LogP contribution in [0.5, 0.6) is 0 Å². The van der Waals surface area contributed by atoms with E-state index in [-0.39, 0.29) is 42.7 Å². The molecular weight excluding hydrogens is 554 g/mol. The van der Waals surface area contributed by atoms with Gasteiger partial charge in [0.25, 0.3) is 5.91 Å². The molecule has 12 heteroatoms. The molecule has 1 unspecified atom stereocenters. The van der Waals surface area contributed by atoms with Crippen molar-refractivity contribution in [3.63, 3.8) is 0 Å². The molecule has 4 N–H and O–H groups in total. The Morgan fingerprint density at radius 3 is 2.26 bits per heavy atom. The molecule has 1 saturated heterocycles. The van der Waals surface area contributed by atoms with Gasteiger partial charge >= 0.3 is 12.0 Å². The summed E-state index contributed by atoms with van der Waals surface area (Å²) in [5.74, 6) is -1.54. The minimum atomic E-state index is -1.07. The molecule has 12 nitrogen and oxygen atoms in total. The van der Waals surface area contributed by atoms with Crippen LogP contribution in [-0.2, 0) is 28.7 Å². The number of carbonyl (C=O) groups excluding carboxylic acids is 6. The highest BCUT2D eigenvalue weighted by Gasteiger charge is 2.69. The second kappa shape index (κ2) is 14.1. The first-order valence-corrected chi connectivity index (χ1v) is 14.6. The van der Waals surface area contributed by atoms with Crippen LogP contribution in [0.15, 0.2) is 12.7 Å². The van der Waals surface area contributed by atoms with Crippen LogP contribution in [0.3, 0.4) is 0 Å². The third-order valence-electron chi connectivity index (χ3n) is 8.33. The topological polar surface area (TPSA) is 163 Å². The summed E-state index contributed by atoms with van der Waals surface area (Å²) in [6, 6.07) is -4.79. The van der Waals surface area contributed by atoms with E-state index in [0.29, 0.717) is 6.54 Å². The van der Waals surface area contributed by atoms with Crippen LogP contribution in [0.4, 0.5) is 4.79 Å². The average molecular weight is 602 g/mol. The number of nitrogens with one attached hydrogen (secondary N) is 4. The van der Waals surface area contributed by atoms with Gasteiger partial charge in [-0.25, -0.2) is 9.59 Å². The zero-order chi connectivity index (χ0) is 32.9. The normalized spacial score (nSPS) is 22.1. The quantitative estimate of drug-likeness (QED) is 0.107. The number of rotatable bonds is 13. The van der Waals surface area contributed by atoms with Crippen molar-refractivity contribution in [2.75, 3.05) is 19.7 Å². The number of hydrogen-bond donors (Lipinski definition) is 4. The van der Waals surface area contributed by atoms with E-state index in [9.17, 15) is 28.8 Å². The number of terminal acetylenes is 1. The Hall–Kier alpha value is -3.88. The fourth-order valence-electron chi connectivity index (χ4n) is 5.66. The molecule has 1 aliphatic carbocycles. The predicted molar refractivity (Wildman–Crippen MR) is 160 cm³/mol. The van der Waals surface area contributed by atoms with Crippen molar-refractivity contribution in [2.24, 2.45) is 28.6 Å². The van der Waals surface area contributed by atoms with Crippen LogP contribution in [0.25, 0.3) is 0 Å². The zero-order valence-corrected chi connectivity index (χ0v) is 26.5. The molecule has 1 saturated carbocycles. The van der Waals surface area contributed by atoms with Crippen LogP contribution in [-0.4, -0.2) is 84.3 Å². The minimum Gasteiger partial charge on any atom is -0.451 e. The molecule has 0 bridgehead atoms. The molecule has 1 aliphatic heterocycles. The average Bonchev–Trinajstić information content (AvgIpc) is 3.24. The van der Waals surface area contributed by atoms with Gasteiger partial charge in [-0.1, -0.05) is 67.4 Å². The van der Waals surface area contributed by atoms with Gasteiger partial charge in [0.1, 0.15) is 18.1 Å². The van der Waals surface area contributed by atoms with E-state index < -0.39 is 65.1 Å². The smallest absolute Gasteiger partial charge is 0.329 e. The van der Waals surface area contributed by atoms with Crippen LogP contribution in [0.2, 0.25) is 0 Å². The highest BCUT2D eigenvalue weighted by atomic mass is 16.5. The number of fused-ring (bicyclic) bond motifs is 1. The third kappa shape index (κ3) is 8.15. The molecule has 2 fully saturated rings. The number of urea groups is 1. The van der Waals surface area contributed by atoms with Gasteiger partial charge in [-0.05, 0) is 35.0 Å². The number of piperidine rings is 1. The SMILES string of the molecule is C#CCOC(=O)[C@@H](NC(=O)N[C@H](C(=O)N1C[C@H]2[C@@H]([C@H]1C(=O)NC(CC)C(=O)C(=O)NCC=C)C2(C)C)C(C)(C)C)C(C)C. The van der Waals surface area contributed by atoms with E-state index in [2.05, 4.69) is 33.8 Å². The first-order valence-electron chi connectivity index (χ1n) is 14.6. The van der Waals surface area contributed by atoms with E-state index in [4.69, 9.17) is 11.2 Å². The number of carbonyl (C=O) groups is 6. The Balaban J connectivity index is 2.28. The van der Waals surface area contributed by atoms with Crippen LogP contribution in [0, 0.1) is 40.9 Å². The van der Waals surface area contributed by atoms with Gasteiger partial charge < -0.3 is 30.9 Å². The Bertz CT molecular complexity index is 1170. The summed E-state index contributed by atoms with van der Waals surface area (Å²) in [5.41, 5.74) is -0.989. The summed E-state index contributed by atoms with van der Waals surface area (Å²) in [5, 5.41) is 10.4. The van der Waals surface area contributed by atoms with E-state index in [1.54, 1.807) is 41.5 Å². The number of nitrogens with zero attached hydrogens (tertiary/aromatic N) is 1. The Labute approximate surface area is 254 Å². The predicted octanol–water partition coefficient (Wildman–Crippen LogP) is 1.15. The molecule has 0 aromatic carbocycles. The summed E-state index contributed by atoms with van der Waals surface area (Å²) in [4.78, 5) is 79.8. The molecule has 2 rings (SSSR count). The molecule has 0 spiro atoms. The van der Waals surface area contributed by atoms with E-state index in [1.165, 1.54) is 11.0 Å². The van der Waals surface area contributed by atoms with Gasteiger partial charge in [-0.15, -0.1) is 13.0 Å². The maximum Gasteiger partial charge on any atom is 0.329 e. The van der Waals surface area contributed by atoms with Gasteiger partial charge in [0, 0.05) is 13.1 Å².